The Morgan fingerprint density at radius 2 is 1.47 bits per heavy atom. The van der Waals surface area contributed by atoms with E-state index < -0.39 is 5.91 Å². The van der Waals surface area contributed by atoms with E-state index in [0.29, 0.717) is 5.75 Å². The van der Waals surface area contributed by atoms with Gasteiger partial charge in [0.2, 0.25) is 0 Å². The lowest BCUT2D eigenvalue weighted by Gasteiger charge is -2.10. The van der Waals surface area contributed by atoms with Crippen molar-refractivity contribution in [3.8, 4) is 17.2 Å². The maximum Gasteiger partial charge on any atom is 0.255 e. The number of amides is 1. The molecule has 0 aromatic heterocycles. The van der Waals surface area contributed by atoms with E-state index in [0.717, 1.165) is 36.3 Å². The van der Waals surface area contributed by atoms with Gasteiger partial charge in [-0.05, 0) is 54.7 Å². The van der Waals surface area contributed by atoms with Crippen LogP contribution in [0.25, 0.3) is 0 Å². The van der Waals surface area contributed by atoms with Gasteiger partial charge >= 0.3 is 0 Å². The van der Waals surface area contributed by atoms with Crippen LogP contribution in [-0.2, 0) is 17.6 Å². The zero-order valence-corrected chi connectivity index (χ0v) is 18.9. The number of hydrogen-bond donors (Lipinski definition) is 1. The molecule has 30 heavy (non-hydrogen) atoms. The lowest BCUT2D eigenvalue weighted by atomic mass is 10.0. The van der Waals surface area contributed by atoms with Crippen molar-refractivity contribution in [2.45, 2.75) is 58.8 Å². The second kappa shape index (κ2) is 15.2. The number of carbonyl (C=O) groups is 1. The highest BCUT2D eigenvalue weighted by atomic mass is 16.5. The molecule has 5 heteroatoms. The normalized spacial score (nSPS) is 10.0. The van der Waals surface area contributed by atoms with E-state index in [9.17, 15) is 4.79 Å². The standard InChI is InChI=1S/C19H23NO4.C6H14/c1-22-17-10-9-15(12-18(17)23-2)6-3-5-14-7-4-8-16(11-14)24-13-19(20)21;1-3-5-6-4-2/h4,7-12H,3,5-6,13H2,1-2H3,(H2,20,21);3-6H2,1-2H3. The molecule has 0 bridgehead atoms. The summed E-state index contributed by atoms with van der Waals surface area (Å²) in [7, 11) is 3.27. The van der Waals surface area contributed by atoms with Gasteiger partial charge in [-0.3, -0.25) is 4.79 Å². The van der Waals surface area contributed by atoms with E-state index >= 15 is 0 Å². The van der Waals surface area contributed by atoms with Crippen LogP contribution in [0.4, 0.5) is 0 Å². The second-order valence-corrected chi connectivity index (χ2v) is 7.15. The van der Waals surface area contributed by atoms with Crippen molar-refractivity contribution in [1.29, 1.82) is 0 Å². The molecule has 0 radical (unpaired) electrons. The number of aryl methyl sites for hydroxylation is 2. The molecule has 166 valence electrons. The first-order chi connectivity index (χ1) is 14.5. The third kappa shape index (κ3) is 10.2. The summed E-state index contributed by atoms with van der Waals surface area (Å²) < 4.78 is 15.9. The zero-order chi connectivity index (χ0) is 22.2. The number of unbranched alkanes of at least 4 members (excludes halogenated alkanes) is 3. The molecule has 5 nitrogen and oxygen atoms in total. The molecular formula is C25H37NO4. The van der Waals surface area contributed by atoms with Crippen LogP contribution < -0.4 is 19.9 Å². The van der Waals surface area contributed by atoms with E-state index in [4.69, 9.17) is 19.9 Å². The number of carbonyl (C=O) groups excluding carboxylic acids is 1. The van der Waals surface area contributed by atoms with Crippen molar-refractivity contribution >= 4 is 5.91 Å². The molecule has 0 fully saturated rings. The summed E-state index contributed by atoms with van der Waals surface area (Å²) in [5, 5.41) is 0. The highest BCUT2D eigenvalue weighted by molar-refractivity contribution is 5.75. The Labute approximate surface area is 181 Å². The molecule has 2 N–H and O–H groups in total. The molecule has 0 heterocycles. The fraction of sp³-hybridized carbons (Fsp3) is 0.480. The first-order valence-electron chi connectivity index (χ1n) is 10.7. The fourth-order valence-electron chi connectivity index (χ4n) is 2.98. The third-order valence-electron chi connectivity index (χ3n) is 4.62. The summed E-state index contributed by atoms with van der Waals surface area (Å²) in [5.74, 6) is 1.67. The molecule has 0 unspecified atom stereocenters. The van der Waals surface area contributed by atoms with Crippen LogP contribution in [0.1, 0.15) is 57.1 Å². The topological polar surface area (TPSA) is 70.8 Å². The summed E-state index contributed by atoms with van der Waals surface area (Å²) >= 11 is 0. The zero-order valence-electron chi connectivity index (χ0n) is 18.9. The van der Waals surface area contributed by atoms with Crippen LogP contribution in [0.5, 0.6) is 17.2 Å². The number of rotatable bonds is 12. The number of hydrogen-bond acceptors (Lipinski definition) is 4. The highest BCUT2D eigenvalue weighted by Gasteiger charge is 2.05. The summed E-state index contributed by atoms with van der Waals surface area (Å²) in [6.07, 6.45) is 8.39. The van der Waals surface area contributed by atoms with Gasteiger partial charge in [0.1, 0.15) is 5.75 Å². The van der Waals surface area contributed by atoms with Crippen molar-refractivity contribution in [3.63, 3.8) is 0 Å². The molecule has 0 spiro atoms. The molecule has 0 aliphatic rings. The third-order valence-corrected chi connectivity index (χ3v) is 4.62. The van der Waals surface area contributed by atoms with Crippen LogP contribution in [-0.4, -0.2) is 26.7 Å². The maximum absolute atomic E-state index is 10.8. The smallest absolute Gasteiger partial charge is 0.255 e. The van der Waals surface area contributed by atoms with Crippen molar-refractivity contribution in [3.05, 3.63) is 53.6 Å². The average Bonchev–Trinajstić information content (AvgIpc) is 2.77. The maximum atomic E-state index is 10.8. The molecule has 2 rings (SSSR count). The summed E-state index contributed by atoms with van der Waals surface area (Å²) in [4.78, 5) is 10.8. The molecule has 0 saturated heterocycles. The van der Waals surface area contributed by atoms with Crippen molar-refractivity contribution in [1.82, 2.24) is 0 Å². The lowest BCUT2D eigenvalue weighted by molar-refractivity contribution is -0.119. The Morgan fingerprint density at radius 1 is 0.833 bits per heavy atom. The summed E-state index contributed by atoms with van der Waals surface area (Å²) in [6.45, 7) is 4.36. The van der Waals surface area contributed by atoms with Gasteiger partial charge in [0.15, 0.2) is 18.1 Å². The monoisotopic (exact) mass is 415 g/mol. The predicted octanol–water partition coefficient (Wildman–Crippen LogP) is 5.33. The molecule has 2 aromatic carbocycles. The Hall–Kier alpha value is -2.69. The van der Waals surface area contributed by atoms with Crippen molar-refractivity contribution in [2.24, 2.45) is 5.73 Å². The molecule has 0 aliphatic carbocycles. The average molecular weight is 416 g/mol. The van der Waals surface area contributed by atoms with Gasteiger partial charge in [-0.15, -0.1) is 0 Å². The van der Waals surface area contributed by atoms with Gasteiger partial charge in [0, 0.05) is 0 Å². The molecular weight excluding hydrogens is 378 g/mol. The van der Waals surface area contributed by atoms with Gasteiger partial charge in [-0.2, -0.15) is 0 Å². The minimum absolute atomic E-state index is 0.102. The quantitative estimate of drug-likeness (QED) is 0.476. The second-order valence-electron chi connectivity index (χ2n) is 7.15. The number of primary amides is 1. The van der Waals surface area contributed by atoms with E-state index in [2.05, 4.69) is 13.8 Å². The first-order valence-corrected chi connectivity index (χ1v) is 10.7. The van der Waals surface area contributed by atoms with Gasteiger partial charge in [0.05, 0.1) is 14.2 Å². The van der Waals surface area contributed by atoms with Crippen LogP contribution in [0, 0.1) is 0 Å². The molecule has 0 saturated carbocycles. The molecule has 2 aromatic rings. The van der Waals surface area contributed by atoms with Crippen LogP contribution in [0.3, 0.4) is 0 Å². The Bertz CT molecular complexity index is 742. The largest absolute Gasteiger partial charge is 0.493 e. The van der Waals surface area contributed by atoms with Gasteiger partial charge in [-0.1, -0.05) is 57.7 Å². The van der Waals surface area contributed by atoms with Gasteiger partial charge in [0.25, 0.3) is 5.91 Å². The number of benzene rings is 2. The van der Waals surface area contributed by atoms with E-state index in [1.165, 1.54) is 31.2 Å². The minimum atomic E-state index is -0.478. The van der Waals surface area contributed by atoms with Crippen LogP contribution >= 0.6 is 0 Å². The Morgan fingerprint density at radius 3 is 2.03 bits per heavy atom. The van der Waals surface area contributed by atoms with Crippen LogP contribution in [0.2, 0.25) is 0 Å². The summed E-state index contributed by atoms with van der Waals surface area (Å²) in [6, 6.07) is 13.7. The Kier molecular flexibility index (Phi) is 12.8. The minimum Gasteiger partial charge on any atom is -0.493 e. The fourth-order valence-corrected chi connectivity index (χ4v) is 2.98. The first kappa shape index (κ1) is 25.3. The lowest BCUT2D eigenvalue weighted by Crippen LogP contribution is -2.20. The van der Waals surface area contributed by atoms with E-state index in [1.54, 1.807) is 14.2 Å². The molecule has 0 atom stereocenters. The van der Waals surface area contributed by atoms with E-state index in [-0.39, 0.29) is 6.61 Å². The van der Waals surface area contributed by atoms with Gasteiger partial charge in [-0.25, -0.2) is 0 Å². The predicted molar refractivity (Wildman–Crippen MR) is 123 cm³/mol. The number of methoxy groups -OCH3 is 2. The van der Waals surface area contributed by atoms with Crippen molar-refractivity contribution < 1.29 is 19.0 Å². The summed E-state index contributed by atoms with van der Waals surface area (Å²) in [5.41, 5.74) is 7.45. The van der Waals surface area contributed by atoms with Crippen LogP contribution in [0.15, 0.2) is 42.5 Å². The number of nitrogens with two attached hydrogens (primary N) is 1. The Balaban J connectivity index is 0.000000656. The van der Waals surface area contributed by atoms with Gasteiger partial charge < -0.3 is 19.9 Å². The SMILES string of the molecule is CCCCCC.COc1ccc(CCCc2cccc(OCC(N)=O)c2)cc1OC. The molecule has 0 aliphatic heterocycles. The number of ether oxygens (including phenoxy) is 3. The highest BCUT2D eigenvalue weighted by Crippen LogP contribution is 2.28. The molecule has 1 amide bonds. The van der Waals surface area contributed by atoms with Crippen molar-refractivity contribution in [2.75, 3.05) is 20.8 Å². The van der Waals surface area contributed by atoms with E-state index in [1.807, 2.05) is 42.5 Å².